The van der Waals surface area contributed by atoms with Gasteiger partial charge in [0, 0.05) is 10.4 Å². The van der Waals surface area contributed by atoms with Crippen molar-refractivity contribution in [1.29, 1.82) is 0 Å². The van der Waals surface area contributed by atoms with E-state index in [0.717, 1.165) is 0 Å². The van der Waals surface area contributed by atoms with E-state index < -0.39 is 4.92 Å². The molecule has 0 aliphatic rings. The highest BCUT2D eigenvalue weighted by molar-refractivity contribution is 6.31. The second kappa shape index (κ2) is 2.74. The van der Waals surface area contributed by atoms with Crippen molar-refractivity contribution in [2.75, 3.05) is 0 Å². The largest absolute Gasteiger partial charge is 0.434 e. The number of rotatable bonds is 1. The molecule has 1 heterocycles. The summed E-state index contributed by atoms with van der Waals surface area (Å²) in [5.74, 6) is -0.266. The Morgan fingerprint density at radius 3 is 2.85 bits per heavy atom. The van der Waals surface area contributed by atoms with Crippen LogP contribution in [0.3, 0.4) is 0 Å². The van der Waals surface area contributed by atoms with Crippen molar-refractivity contribution in [2.45, 2.75) is 0 Å². The van der Waals surface area contributed by atoms with Gasteiger partial charge in [0.1, 0.15) is 10.5 Å². The molecule has 0 N–H and O–H groups in total. The molecule has 0 saturated heterocycles. The van der Waals surface area contributed by atoms with E-state index in [1.807, 2.05) is 0 Å². The van der Waals surface area contributed by atoms with Crippen LogP contribution in [0.25, 0.3) is 11.0 Å². The normalized spacial score (nSPS) is 10.5. The molecule has 0 aliphatic heterocycles. The molecule has 0 fully saturated rings. The molecule has 2 rings (SSSR count). The molecule has 4 nitrogen and oxygen atoms in total. The van der Waals surface area contributed by atoms with Crippen LogP contribution in [0, 0.1) is 10.1 Å². The Hall–Kier alpha value is -1.55. The van der Waals surface area contributed by atoms with Crippen molar-refractivity contribution in [3.63, 3.8) is 0 Å². The van der Waals surface area contributed by atoms with Crippen LogP contribution in [0.15, 0.2) is 28.7 Å². The molecule has 0 amide bonds. The highest BCUT2D eigenvalue weighted by Gasteiger charge is 2.12. The molecular formula is C8H4ClNO3. The van der Waals surface area contributed by atoms with Gasteiger partial charge in [-0.15, -0.1) is 0 Å². The molecule has 0 bridgehead atoms. The molecule has 1 aromatic carbocycles. The van der Waals surface area contributed by atoms with E-state index in [0.29, 0.717) is 16.0 Å². The molecule has 0 aliphatic carbocycles. The number of fused-ring (bicyclic) bond motifs is 1. The molecule has 66 valence electrons. The van der Waals surface area contributed by atoms with E-state index in [2.05, 4.69) is 0 Å². The van der Waals surface area contributed by atoms with Crippen LogP contribution in [-0.2, 0) is 0 Å². The standard InChI is InChI=1S/C8H4ClNO3/c9-6-1-2-7-5(3-6)4-8(13-7)10(11)12/h1-4H. The Morgan fingerprint density at radius 1 is 1.38 bits per heavy atom. The van der Waals surface area contributed by atoms with Gasteiger partial charge in [0.25, 0.3) is 0 Å². The fourth-order valence-corrected chi connectivity index (χ4v) is 1.27. The lowest BCUT2D eigenvalue weighted by atomic mass is 10.3. The van der Waals surface area contributed by atoms with Gasteiger partial charge in [-0.1, -0.05) is 11.6 Å². The average Bonchev–Trinajstić information content (AvgIpc) is 2.46. The third-order valence-corrected chi connectivity index (χ3v) is 1.88. The number of benzene rings is 1. The zero-order valence-electron chi connectivity index (χ0n) is 6.36. The summed E-state index contributed by atoms with van der Waals surface area (Å²) < 4.78 is 4.93. The number of nitrogens with zero attached hydrogens (tertiary/aromatic N) is 1. The maximum absolute atomic E-state index is 10.3. The maximum Gasteiger partial charge on any atom is 0.434 e. The smallest absolute Gasteiger partial charge is 0.401 e. The third kappa shape index (κ3) is 1.36. The molecule has 0 unspecified atom stereocenters. The summed E-state index contributed by atoms with van der Waals surface area (Å²) in [6.45, 7) is 0. The predicted molar refractivity (Wildman–Crippen MR) is 47.9 cm³/mol. The van der Waals surface area contributed by atoms with Crippen LogP contribution < -0.4 is 0 Å². The molecule has 13 heavy (non-hydrogen) atoms. The molecular weight excluding hydrogens is 194 g/mol. The Balaban J connectivity index is 2.68. The first-order valence-electron chi connectivity index (χ1n) is 3.50. The minimum Gasteiger partial charge on any atom is -0.401 e. The van der Waals surface area contributed by atoms with Crippen LogP contribution in [0.2, 0.25) is 5.02 Å². The number of furan rings is 1. The van der Waals surface area contributed by atoms with Gasteiger partial charge >= 0.3 is 5.88 Å². The van der Waals surface area contributed by atoms with Crippen molar-refractivity contribution in [1.82, 2.24) is 0 Å². The number of hydrogen-bond donors (Lipinski definition) is 0. The summed E-state index contributed by atoms with van der Waals surface area (Å²) in [7, 11) is 0. The van der Waals surface area contributed by atoms with Gasteiger partial charge in [0.2, 0.25) is 0 Å². The van der Waals surface area contributed by atoms with Gasteiger partial charge in [-0.05, 0) is 18.2 Å². The van der Waals surface area contributed by atoms with Gasteiger partial charge in [0.05, 0.1) is 6.07 Å². The Kier molecular flexibility index (Phi) is 1.70. The van der Waals surface area contributed by atoms with Crippen molar-refractivity contribution in [3.05, 3.63) is 39.4 Å². The molecule has 0 atom stereocenters. The van der Waals surface area contributed by atoms with Crippen LogP contribution >= 0.6 is 11.6 Å². The fourth-order valence-electron chi connectivity index (χ4n) is 1.09. The maximum atomic E-state index is 10.3. The van der Waals surface area contributed by atoms with E-state index in [4.69, 9.17) is 16.0 Å². The van der Waals surface area contributed by atoms with Crippen molar-refractivity contribution in [3.8, 4) is 0 Å². The second-order valence-corrected chi connectivity index (χ2v) is 2.96. The highest BCUT2D eigenvalue weighted by atomic mass is 35.5. The third-order valence-electron chi connectivity index (χ3n) is 1.65. The SMILES string of the molecule is O=[N+]([O-])c1cc2cc(Cl)ccc2o1. The summed E-state index contributed by atoms with van der Waals surface area (Å²) in [6.07, 6.45) is 0. The summed E-state index contributed by atoms with van der Waals surface area (Å²) in [6, 6.07) is 6.19. The topological polar surface area (TPSA) is 56.3 Å². The van der Waals surface area contributed by atoms with E-state index in [-0.39, 0.29) is 5.88 Å². The zero-order valence-corrected chi connectivity index (χ0v) is 7.12. The Bertz CT molecular complexity index is 477. The van der Waals surface area contributed by atoms with Crippen LogP contribution in [0.4, 0.5) is 5.88 Å². The lowest BCUT2D eigenvalue weighted by Crippen LogP contribution is -1.82. The van der Waals surface area contributed by atoms with Crippen molar-refractivity contribution in [2.24, 2.45) is 0 Å². The first-order valence-corrected chi connectivity index (χ1v) is 3.88. The van der Waals surface area contributed by atoms with Gasteiger partial charge in [-0.3, -0.25) is 10.1 Å². The molecule has 2 aromatic rings. The van der Waals surface area contributed by atoms with Crippen molar-refractivity contribution >= 4 is 28.5 Å². The monoisotopic (exact) mass is 197 g/mol. The molecule has 5 heteroatoms. The van der Waals surface area contributed by atoms with Gasteiger partial charge in [-0.25, -0.2) is 0 Å². The van der Waals surface area contributed by atoms with Gasteiger partial charge in [0.15, 0.2) is 0 Å². The van der Waals surface area contributed by atoms with E-state index in [1.165, 1.54) is 6.07 Å². The molecule has 1 aromatic heterocycles. The molecule has 0 saturated carbocycles. The lowest BCUT2D eigenvalue weighted by molar-refractivity contribution is -0.401. The Labute approximate surface area is 77.9 Å². The predicted octanol–water partition coefficient (Wildman–Crippen LogP) is 2.99. The average molecular weight is 198 g/mol. The summed E-state index contributed by atoms with van der Waals surface area (Å²) in [5.41, 5.74) is 0.469. The number of halogens is 1. The summed E-state index contributed by atoms with van der Waals surface area (Å²) in [5, 5.41) is 11.5. The highest BCUT2D eigenvalue weighted by Crippen LogP contribution is 2.26. The summed E-state index contributed by atoms with van der Waals surface area (Å²) in [4.78, 5) is 9.76. The van der Waals surface area contributed by atoms with Crippen LogP contribution in [0.5, 0.6) is 0 Å². The van der Waals surface area contributed by atoms with E-state index in [1.54, 1.807) is 18.2 Å². The first kappa shape index (κ1) is 8.07. The zero-order chi connectivity index (χ0) is 9.42. The molecule has 0 spiro atoms. The fraction of sp³-hybridized carbons (Fsp3) is 0. The minimum atomic E-state index is -0.575. The number of nitro groups is 1. The van der Waals surface area contributed by atoms with Gasteiger partial charge in [-0.2, -0.15) is 0 Å². The minimum absolute atomic E-state index is 0.266. The molecule has 0 radical (unpaired) electrons. The van der Waals surface area contributed by atoms with Crippen LogP contribution in [-0.4, -0.2) is 4.92 Å². The summed E-state index contributed by atoms with van der Waals surface area (Å²) >= 11 is 5.70. The second-order valence-electron chi connectivity index (χ2n) is 2.52. The van der Waals surface area contributed by atoms with Gasteiger partial charge < -0.3 is 4.42 Å². The van der Waals surface area contributed by atoms with Crippen molar-refractivity contribution < 1.29 is 9.34 Å². The van der Waals surface area contributed by atoms with Crippen LogP contribution in [0.1, 0.15) is 0 Å². The quantitative estimate of drug-likeness (QED) is 0.522. The van der Waals surface area contributed by atoms with E-state index in [9.17, 15) is 10.1 Å². The van der Waals surface area contributed by atoms with E-state index >= 15 is 0 Å². The first-order chi connectivity index (χ1) is 6.16. The Morgan fingerprint density at radius 2 is 2.15 bits per heavy atom. The number of hydrogen-bond acceptors (Lipinski definition) is 3. The lowest BCUT2D eigenvalue weighted by Gasteiger charge is -1.86.